The molecule has 0 spiro atoms. The molecule has 27 heavy (non-hydrogen) atoms. The van der Waals surface area contributed by atoms with Gasteiger partial charge in [0.25, 0.3) is 10.0 Å². The summed E-state index contributed by atoms with van der Waals surface area (Å²) in [5.41, 5.74) is -0.128. The van der Waals surface area contributed by atoms with E-state index in [4.69, 9.17) is 26.2 Å². The van der Waals surface area contributed by atoms with Crippen molar-refractivity contribution in [3.05, 3.63) is 52.8 Å². The second-order valence-corrected chi connectivity index (χ2v) is 7.19. The summed E-state index contributed by atoms with van der Waals surface area (Å²) in [6.07, 6.45) is 2.02. The van der Waals surface area contributed by atoms with Crippen LogP contribution in [-0.4, -0.2) is 33.7 Å². The maximum absolute atomic E-state index is 14.1. The molecule has 0 radical (unpaired) electrons. The first-order valence-corrected chi connectivity index (χ1v) is 9.19. The molecule has 144 valence electrons. The van der Waals surface area contributed by atoms with E-state index >= 15 is 0 Å². The number of carboxylic acid groups (broad SMARTS) is 1. The Bertz CT molecular complexity index is 1010. The molecule has 0 saturated heterocycles. The molecule has 0 saturated carbocycles. The highest BCUT2D eigenvalue weighted by molar-refractivity contribution is 7.92. The van der Waals surface area contributed by atoms with Crippen LogP contribution in [-0.2, 0) is 14.8 Å². The first-order valence-electron chi connectivity index (χ1n) is 7.33. The summed E-state index contributed by atoms with van der Waals surface area (Å²) in [5.74, 6) is -2.22. The van der Waals surface area contributed by atoms with Gasteiger partial charge in [0.1, 0.15) is 4.90 Å². The molecule has 2 rings (SSSR count). The van der Waals surface area contributed by atoms with Gasteiger partial charge in [-0.05, 0) is 35.9 Å². The monoisotopic (exact) mass is 415 g/mol. The van der Waals surface area contributed by atoms with Crippen LogP contribution in [0.3, 0.4) is 0 Å². The van der Waals surface area contributed by atoms with Gasteiger partial charge in [0.2, 0.25) is 0 Å². The Morgan fingerprint density at radius 1 is 1.26 bits per heavy atom. The smallest absolute Gasteiger partial charge is 0.328 e. The van der Waals surface area contributed by atoms with E-state index < -0.39 is 21.8 Å². The van der Waals surface area contributed by atoms with Crippen LogP contribution in [0.15, 0.2) is 41.3 Å². The number of carbonyl (C=O) groups is 1. The Hall–Kier alpha value is -2.78. The molecule has 0 fully saturated rings. The van der Waals surface area contributed by atoms with Crippen LogP contribution in [0.1, 0.15) is 5.56 Å². The molecule has 0 bridgehead atoms. The largest absolute Gasteiger partial charge is 0.493 e. The van der Waals surface area contributed by atoms with Gasteiger partial charge in [-0.3, -0.25) is 4.72 Å². The first kappa shape index (κ1) is 20.5. The van der Waals surface area contributed by atoms with Gasteiger partial charge in [-0.25, -0.2) is 17.6 Å². The molecule has 0 unspecified atom stereocenters. The maximum Gasteiger partial charge on any atom is 0.328 e. The zero-order chi connectivity index (χ0) is 20.2. The molecule has 0 aliphatic rings. The van der Waals surface area contributed by atoms with Crippen LogP contribution in [0.4, 0.5) is 10.1 Å². The van der Waals surface area contributed by atoms with E-state index in [1.807, 2.05) is 0 Å². The quantitative estimate of drug-likeness (QED) is 0.672. The second-order valence-electron chi connectivity index (χ2n) is 5.13. The molecular formula is C17H15ClFNO6S. The maximum atomic E-state index is 14.1. The van der Waals surface area contributed by atoms with Crippen molar-refractivity contribution in [1.29, 1.82) is 0 Å². The van der Waals surface area contributed by atoms with Gasteiger partial charge < -0.3 is 14.6 Å². The Labute approximate surface area is 160 Å². The highest BCUT2D eigenvalue weighted by atomic mass is 35.5. The summed E-state index contributed by atoms with van der Waals surface area (Å²) < 4.78 is 52.0. The number of aliphatic carboxylic acids is 1. The molecule has 0 amide bonds. The van der Waals surface area contributed by atoms with Crippen molar-refractivity contribution in [2.24, 2.45) is 0 Å². The lowest BCUT2D eigenvalue weighted by Crippen LogP contribution is -2.15. The number of halogens is 2. The van der Waals surface area contributed by atoms with Gasteiger partial charge in [0.05, 0.1) is 24.9 Å². The van der Waals surface area contributed by atoms with E-state index in [1.54, 1.807) is 0 Å². The first-order chi connectivity index (χ1) is 12.7. The predicted molar refractivity (Wildman–Crippen MR) is 98.4 cm³/mol. The highest BCUT2D eigenvalue weighted by Crippen LogP contribution is 2.37. The number of carboxylic acids is 1. The molecule has 0 aliphatic carbocycles. The Morgan fingerprint density at radius 3 is 2.56 bits per heavy atom. The molecule has 0 aliphatic heterocycles. The van der Waals surface area contributed by atoms with Gasteiger partial charge in [0, 0.05) is 6.08 Å². The van der Waals surface area contributed by atoms with E-state index in [1.165, 1.54) is 50.6 Å². The van der Waals surface area contributed by atoms with Gasteiger partial charge >= 0.3 is 5.97 Å². The van der Waals surface area contributed by atoms with Crippen LogP contribution in [0.25, 0.3) is 6.08 Å². The van der Waals surface area contributed by atoms with Gasteiger partial charge in [-0.2, -0.15) is 0 Å². The van der Waals surface area contributed by atoms with Crippen molar-refractivity contribution in [2.75, 3.05) is 18.9 Å². The van der Waals surface area contributed by atoms with E-state index in [2.05, 4.69) is 4.72 Å². The minimum atomic E-state index is -4.32. The van der Waals surface area contributed by atoms with Crippen molar-refractivity contribution in [3.8, 4) is 11.5 Å². The van der Waals surface area contributed by atoms with Crippen LogP contribution >= 0.6 is 11.6 Å². The third kappa shape index (κ3) is 4.69. The van der Waals surface area contributed by atoms with Crippen LogP contribution in [0.5, 0.6) is 11.5 Å². The third-order valence-corrected chi connectivity index (χ3v) is 5.03. The second kappa shape index (κ2) is 8.28. The molecule has 2 aromatic carbocycles. The van der Waals surface area contributed by atoms with Crippen molar-refractivity contribution in [1.82, 2.24) is 0 Å². The third-order valence-electron chi connectivity index (χ3n) is 3.37. The number of methoxy groups -OCH3 is 2. The Kier molecular flexibility index (Phi) is 6.29. The Morgan fingerprint density at radius 2 is 1.96 bits per heavy atom. The lowest BCUT2D eigenvalue weighted by atomic mass is 10.2. The number of nitrogens with one attached hydrogen (secondary N) is 1. The van der Waals surface area contributed by atoms with Crippen molar-refractivity contribution < 1.29 is 32.2 Å². The van der Waals surface area contributed by atoms with Gasteiger partial charge in [0.15, 0.2) is 17.3 Å². The standard InChI is InChI=1S/C17H15ClFNO6S/c1-25-13-8-10(6-7-15(21)22)9-14(17(13)26-2)27(23,24)20-12-5-3-4-11(18)16(12)19/h3-9,20H,1-2H3,(H,21,22)/b7-6+. The molecule has 2 N–H and O–H groups in total. The van der Waals surface area contributed by atoms with Crippen molar-refractivity contribution in [3.63, 3.8) is 0 Å². The number of sulfonamides is 1. The average molecular weight is 416 g/mol. The van der Waals surface area contributed by atoms with E-state index in [-0.39, 0.29) is 32.7 Å². The summed E-state index contributed by atoms with van der Waals surface area (Å²) in [6, 6.07) is 6.43. The van der Waals surface area contributed by atoms with Crippen molar-refractivity contribution >= 4 is 39.4 Å². The SMILES string of the molecule is COc1cc(/C=C/C(=O)O)cc(S(=O)(=O)Nc2cccc(Cl)c2F)c1OC. The van der Waals surface area contributed by atoms with Gasteiger partial charge in [-0.1, -0.05) is 17.7 Å². The molecule has 0 aromatic heterocycles. The van der Waals surface area contributed by atoms with E-state index in [9.17, 15) is 17.6 Å². The van der Waals surface area contributed by atoms with Crippen LogP contribution in [0.2, 0.25) is 5.02 Å². The topological polar surface area (TPSA) is 102 Å². The fourth-order valence-electron chi connectivity index (χ4n) is 2.20. The number of rotatable bonds is 7. The van der Waals surface area contributed by atoms with Crippen LogP contribution < -0.4 is 14.2 Å². The summed E-state index contributed by atoms with van der Waals surface area (Å²) in [5, 5.41) is 8.50. The predicted octanol–water partition coefficient (Wildman–Crippen LogP) is 3.39. The van der Waals surface area contributed by atoms with Crippen LogP contribution in [0, 0.1) is 5.82 Å². The molecule has 7 nitrogen and oxygen atoms in total. The molecule has 10 heteroatoms. The summed E-state index contributed by atoms with van der Waals surface area (Å²) >= 11 is 5.67. The zero-order valence-corrected chi connectivity index (χ0v) is 15.8. The number of benzene rings is 2. The minimum absolute atomic E-state index is 0.0528. The fraction of sp³-hybridized carbons (Fsp3) is 0.118. The molecule has 0 atom stereocenters. The average Bonchev–Trinajstić information content (AvgIpc) is 2.62. The minimum Gasteiger partial charge on any atom is -0.493 e. The van der Waals surface area contributed by atoms with E-state index in [0.29, 0.717) is 0 Å². The lowest BCUT2D eigenvalue weighted by molar-refractivity contribution is -0.131. The lowest BCUT2D eigenvalue weighted by Gasteiger charge is -2.16. The molecular weight excluding hydrogens is 401 g/mol. The molecule has 0 heterocycles. The summed E-state index contributed by atoms with van der Waals surface area (Å²) in [4.78, 5) is 10.3. The number of anilines is 1. The normalized spacial score (nSPS) is 11.4. The van der Waals surface area contributed by atoms with Crippen molar-refractivity contribution in [2.45, 2.75) is 4.90 Å². The Balaban J connectivity index is 2.61. The number of hydrogen-bond donors (Lipinski definition) is 2. The highest BCUT2D eigenvalue weighted by Gasteiger charge is 2.25. The number of hydrogen-bond acceptors (Lipinski definition) is 5. The zero-order valence-electron chi connectivity index (χ0n) is 14.2. The molecule has 2 aromatic rings. The van der Waals surface area contributed by atoms with E-state index in [0.717, 1.165) is 6.08 Å². The summed E-state index contributed by atoms with van der Waals surface area (Å²) in [7, 11) is -1.79. The fourth-order valence-corrected chi connectivity index (χ4v) is 3.65. The van der Waals surface area contributed by atoms with Gasteiger partial charge in [-0.15, -0.1) is 0 Å². The number of ether oxygens (including phenoxy) is 2. The summed E-state index contributed by atoms with van der Waals surface area (Å²) in [6.45, 7) is 0.